The second-order valence-corrected chi connectivity index (χ2v) is 11.4. The van der Waals surface area contributed by atoms with Gasteiger partial charge in [0.2, 0.25) is 0 Å². The molecule has 0 bridgehead atoms. The third kappa shape index (κ3) is 7.71. The summed E-state index contributed by atoms with van der Waals surface area (Å²) in [6.07, 6.45) is 1.84. The molecule has 10 heteroatoms. The molecule has 1 saturated heterocycles. The molecule has 0 radical (unpaired) electrons. The molecule has 4 aromatic rings. The molecule has 4 aromatic carbocycles. The predicted octanol–water partition coefficient (Wildman–Crippen LogP) is 8.01. The largest absolute Gasteiger partial charge is 0.490 e. The van der Waals surface area contributed by atoms with E-state index in [1.54, 1.807) is 17.0 Å². The average molecular weight is 659 g/mol. The maximum absolute atomic E-state index is 13.7. The molecule has 0 atom stereocenters. The molecule has 0 unspecified atom stereocenters. The second-order valence-electron chi connectivity index (χ2n) is 9.55. The van der Waals surface area contributed by atoms with Gasteiger partial charge in [0.15, 0.2) is 16.7 Å². The van der Waals surface area contributed by atoms with Crippen molar-refractivity contribution in [2.75, 3.05) is 6.61 Å². The molecule has 0 saturated carbocycles. The SMILES string of the molecule is CCOc1cc(/C=C2\SC(=NCc3ccccc3)N(Cc3ccccc3)C2=O)cc(Br)c1OCc1ccc([N+](=O)[O-])cc1. The van der Waals surface area contributed by atoms with Gasteiger partial charge in [-0.1, -0.05) is 60.7 Å². The van der Waals surface area contributed by atoms with Crippen LogP contribution in [0.15, 0.2) is 111 Å². The lowest BCUT2D eigenvalue weighted by atomic mass is 10.1. The van der Waals surface area contributed by atoms with Crippen LogP contribution in [-0.2, 0) is 24.5 Å². The van der Waals surface area contributed by atoms with Gasteiger partial charge in [0.1, 0.15) is 6.61 Å². The summed E-state index contributed by atoms with van der Waals surface area (Å²) in [6, 6.07) is 29.7. The zero-order valence-corrected chi connectivity index (χ0v) is 25.7. The number of rotatable bonds is 11. The minimum absolute atomic E-state index is 0.0206. The maximum atomic E-state index is 13.7. The fraction of sp³-hybridized carbons (Fsp3) is 0.152. The van der Waals surface area contributed by atoms with E-state index in [1.807, 2.05) is 85.8 Å². The van der Waals surface area contributed by atoms with Gasteiger partial charge in [-0.05, 0) is 87.2 Å². The van der Waals surface area contributed by atoms with Gasteiger partial charge in [-0.15, -0.1) is 0 Å². The minimum atomic E-state index is -0.436. The Balaban J connectivity index is 1.40. The van der Waals surface area contributed by atoms with Crippen LogP contribution in [0.4, 0.5) is 5.69 Å². The van der Waals surface area contributed by atoms with Crippen molar-refractivity contribution in [2.24, 2.45) is 4.99 Å². The van der Waals surface area contributed by atoms with Gasteiger partial charge in [-0.3, -0.25) is 24.8 Å². The molecular weight excluding hydrogens is 630 g/mol. The highest BCUT2D eigenvalue weighted by Crippen LogP contribution is 2.40. The maximum Gasteiger partial charge on any atom is 0.269 e. The van der Waals surface area contributed by atoms with Crippen LogP contribution in [0.2, 0.25) is 0 Å². The normalized spacial score (nSPS) is 14.8. The van der Waals surface area contributed by atoms with E-state index in [4.69, 9.17) is 14.5 Å². The summed E-state index contributed by atoms with van der Waals surface area (Å²) in [7, 11) is 0. The lowest BCUT2D eigenvalue weighted by Crippen LogP contribution is -2.28. The average Bonchev–Trinajstić information content (AvgIpc) is 3.30. The summed E-state index contributed by atoms with van der Waals surface area (Å²) in [6.45, 7) is 3.37. The molecule has 1 amide bonds. The van der Waals surface area contributed by atoms with Gasteiger partial charge in [0, 0.05) is 12.1 Å². The molecule has 1 heterocycles. The molecule has 218 valence electrons. The van der Waals surface area contributed by atoms with Crippen molar-refractivity contribution in [2.45, 2.75) is 26.6 Å². The Bertz CT molecular complexity index is 1660. The number of amides is 1. The first-order valence-corrected chi connectivity index (χ1v) is 15.2. The number of nitro groups is 1. The summed E-state index contributed by atoms with van der Waals surface area (Å²) in [5, 5.41) is 11.6. The van der Waals surface area contributed by atoms with Gasteiger partial charge in [0.25, 0.3) is 11.6 Å². The summed E-state index contributed by atoms with van der Waals surface area (Å²) in [4.78, 5) is 31.3. The van der Waals surface area contributed by atoms with Crippen LogP contribution in [0.1, 0.15) is 29.2 Å². The number of nitro benzene ring substituents is 1. The highest BCUT2D eigenvalue weighted by molar-refractivity contribution is 9.10. The third-order valence-electron chi connectivity index (χ3n) is 6.47. The number of ether oxygens (including phenoxy) is 2. The minimum Gasteiger partial charge on any atom is -0.490 e. The smallest absolute Gasteiger partial charge is 0.269 e. The number of nitrogens with zero attached hydrogens (tertiary/aromatic N) is 3. The van der Waals surface area contributed by atoms with E-state index in [0.717, 1.165) is 22.3 Å². The fourth-order valence-corrected chi connectivity index (χ4v) is 5.92. The van der Waals surface area contributed by atoms with Crippen LogP contribution in [0.5, 0.6) is 11.5 Å². The number of hydrogen-bond donors (Lipinski definition) is 0. The van der Waals surface area contributed by atoms with Crippen LogP contribution >= 0.6 is 27.7 Å². The Morgan fingerprint density at radius 2 is 1.60 bits per heavy atom. The van der Waals surface area contributed by atoms with E-state index in [1.165, 1.54) is 23.9 Å². The Morgan fingerprint density at radius 3 is 2.26 bits per heavy atom. The molecule has 43 heavy (non-hydrogen) atoms. The van der Waals surface area contributed by atoms with E-state index in [2.05, 4.69) is 15.9 Å². The van der Waals surface area contributed by atoms with Crippen LogP contribution in [0.3, 0.4) is 0 Å². The fourth-order valence-electron chi connectivity index (χ4n) is 4.37. The Labute approximate surface area is 262 Å². The first-order valence-electron chi connectivity index (χ1n) is 13.6. The highest BCUT2D eigenvalue weighted by Gasteiger charge is 2.33. The number of hydrogen-bond acceptors (Lipinski definition) is 7. The van der Waals surface area contributed by atoms with Crippen LogP contribution in [0.25, 0.3) is 6.08 Å². The lowest BCUT2D eigenvalue weighted by Gasteiger charge is -2.16. The Morgan fingerprint density at radius 1 is 0.930 bits per heavy atom. The molecule has 0 aromatic heterocycles. The van der Waals surface area contributed by atoms with Crippen molar-refractivity contribution < 1.29 is 19.2 Å². The number of benzene rings is 4. The first-order chi connectivity index (χ1) is 20.9. The van der Waals surface area contributed by atoms with Crippen molar-refractivity contribution in [3.05, 3.63) is 139 Å². The number of halogens is 1. The number of thioether (sulfide) groups is 1. The van der Waals surface area contributed by atoms with Crippen molar-refractivity contribution >= 4 is 50.5 Å². The zero-order valence-electron chi connectivity index (χ0n) is 23.3. The monoisotopic (exact) mass is 657 g/mol. The molecule has 0 N–H and O–H groups in total. The zero-order chi connectivity index (χ0) is 30.2. The number of carbonyl (C=O) groups excluding carboxylic acids is 1. The first kappa shape index (κ1) is 30.1. The summed E-state index contributed by atoms with van der Waals surface area (Å²) in [5.41, 5.74) is 3.64. The highest BCUT2D eigenvalue weighted by atomic mass is 79.9. The van der Waals surface area contributed by atoms with Crippen molar-refractivity contribution in [1.82, 2.24) is 4.90 Å². The van der Waals surface area contributed by atoms with Crippen molar-refractivity contribution in [3.63, 3.8) is 0 Å². The number of carbonyl (C=O) groups is 1. The summed E-state index contributed by atoms with van der Waals surface area (Å²) < 4.78 is 12.6. The lowest BCUT2D eigenvalue weighted by molar-refractivity contribution is -0.384. The molecular formula is C33H28BrN3O5S. The molecule has 0 aliphatic carbocycles. The topological polar surface area (TPSA) is 94.3 Å². The van der Waals surface area contributed by atoms with Gasteiger partial charge in [-0.2, -0.15) is 0 Å². The Kier molecular flexibility index (Phi) is 9.91. The van der Waals surface area contributed by atoms with E-state index in [-0.39, 0.29) is 18.2 Å². The van der Waals surface area contributed by atoms with E-state index < -0.39 is 4.92 Å². The van der Waals surface area contributed by atoms with E-state index in [9.17, 15) is 14.9 Å². The summed E-state index contributed by atoms with van der Waals surface area (Å²) >= 11 is 4.96. The molecule has 1 fully saturated rings. The van der Waals surface area contributed by atoms with Gasteiger partial charge >= 0.3 is 0 Å². The Hall–Kier alpha value is -4.41. The summed E-state index contributed by atoms with van der Waals surface area (Å²) in [5.74, 6) is 0.900. The van der Waals surface area contributed by atoms with Crippen LogP contribution < -0.4 is 9.47 Å². The standard InChI is InChI=1S/C33H28BrN3O5S/c1-2-41-29-18-26(17-28(34)31(29)42-22-25-13-15-27(16-14-25)37(39)40)19-30-32(38)36(21-24-11-7-4-8-12-24)33(43-30)35-20-23-9-5-3-6-10-23/h3-19H,2,20-22H2,1H3/b30-19-,35-33?. The number of aliphatic imine (C=N–C) groups is 1. The molecule has 1 aliphatic rings. The number of amidine groups is 1. The second kappa shape index (κ2) is 14.2. The van der Waals surface area contributed by atoms with Crippen molar-refractivity contribution in [1.29, 1.82) is 0 Å². The predicted molar refractivity (Wildman–Crippen MR) is 173 cm³/mol. The molecule has 1 aliphatic heterocycles. The number of non-ortho nitro benzene ring substituents is 1. The van der Waals surface area contributed by atoms with Gasteiger partial charge < -0.3 is 9.47 Å². The van der Waals surface area contributed by atoms with E-state index >= 15 is 0 Å². The van der Waals surface area contributed by atoms with Crippen molar-refractivity contribution in [3.8, 4) is 11.5 Å². The van der Waals surface area contributed by atoms with Gasteiger partial charge in [-0.25, -0.2) is 0 Å². The third-order valence-corrected chi connectivity index (χ3v) is 8.10. The van der Waals surface area contributed by atoms with Crippen LogP contribution in [-0.4, -0.2) is 27.5 Å². The molecule has 0 spiro atoms. The molecule has 8 nitrogen and oxygen atoms in total. The van der Waals surface area contributed by atoms with E-state index in [0.29, 0.717) is 45.7 Å². The quantitative estimate of drug-likeness (QED) is 0.0921. The van der Waals surface area contributed by atoms with Gasteiger partial charge in [0.05, 0.1) is 34.0 Å². The van der Waals surface area contributed by atoms with Crippen LogP contribution in [0, 0.1) is 10.1 Å². The molecule has 5 rings (SSSR count).